The zero-order valence-electron chi connectivity index (χ0n) is 11.3. The molecule has 0 atom stereocenters. The van der Waals surface area contributed by atoms with Crippen LogP contribution in [0.4, 0.5) is 26.3 Å². The molecule has 0 spiro atoms. The van der Waals surface area contributed by atoms with Gasteiger partial charge in [-0.05, 0) is 37.6 Å². The van der Waals surface area contributed by atoms with Gasteiger partial charge in [0.15, 0.2) is 0 Å². The zero-order chi connectivity index (χ0) is 17.0. The summed E-state index contributed by atoms with van der Waals surface area (Å²) in [6.45, 7) is 0.491. The molecule has 3 nitrogen and oxygen atoms in total. The molecule has 0 aliphatic rings. The van der Waals surface area contributed by atoms with E-state index in [1.807, 2.05) is 0 Å². The number of amides is 1. The minimum absolute atomic E-state index is 0.0226. The lowest BCUT2D eigenvalue weighted by Gasteiger charge is -2.14. The molecule has 0 saturated carbocycles. The first-order chi connectivity index (χ1) is 10.1. The van der Waals surface area contributed by atoms with E-state index >= 15 is 0 Å². The second-order valence-electron chi connectivity index (χ2n) is 4.55. The summed E-state index contributed by atoms with van der Waals surface area (Å²) in [6, 6.07) is 0.770. The highest BCUT2D eigenvalue weighted by molar-refractivity contribution is 5.94. The molecule has 124 valence electrons. The molecule has 0 aliphatic heterocycles. The van der Waals surface area contributed by atoms with E-state index in [0.717, 1.165) is 0 Å². The molecular weight excluding hydrogens is 314 g/mol. The van der Waals surface area contributed by atoms with Crippen LogP contribution in [-0.4, -0.2) is 19.0 Å². The third-order valence-electron chi connectivity index (χ3n) is 2.77. The van der Waals surface area contributed by atoms with Gasteiger partial charge >= 0.3 is 12.4 Å². The summed E-state index contributed by atoms with van der Waals surface area (Å²) in [7, 11) is 0. The Hall–Kier alpha value is -1.77. The molecule has 0 fully saturated rings. The van der Waals surface area contributed by atoms with Gasteiger partial charge in [-0.1, -0.05) is 0 Å². The second-order valence-corrected chi connectivity index (χ2v) is 4.55. The van der Waals surface area contributed by atoms with Gasteiger partial charge in [-0.25, -0.2) is 0 Å². The number of carbonyl (C=O) groups excluding carboxylic acids is 1. The van der Waals surface area contributed by atoms with Gasteiger partial charge in [-0.3, -0.25) is 4.79 Å². The number of rotatable bonds is 5. The van der Waals surface area contributed by atoms with Crippen molar-refractivity contribution >= 4 is 5.91 Å². The molecule has 22 heavy (non-hydrogen) atoms. The first kappa shape index (κ1) is 18.3. The predicted octanol–water partition coefficient (Wildman–Crippen LogP) is 3.19. The fraction of sp³-hybridized carbons (Fsp3) is 0.462. The lowest BCUT2D eigenvalue weighted by Crippen LogP contribution is -2.26. The van der Waals surface area contributed by atoms with Crippen molar-refractivity contribution in [3.05, 3.63) is 34.9 Å². The average Bonchev–Trinajstić information content (AvgIpc) is 2.41. The van der Waals surface area contributed by atoms with Crippen molar-refractivity contribution in [2.75, 3.05) is 13.1 Å². The van der Waals surface area contributed by atoms with E-state index in [0.29, 0.717) is 31.5 Å². The van der Waals surface area contributed by atoms with Crippen molar-refractivity contribution in [2.45, 2.75) is 25.2 Å². The predicted molar refractivity (Wildman–Crippen MR) is 67.1 cm³/mol. The van der Waals surface area contributed by atoms with Crippen LogP contribution in [0.2, 0.25) is 0 Å². The van der Waals surface area contributed by atoms with Crippen molar-refractivity contribution in [3.63, 3.8) is 0 Å². The number of hydrogen-bond acceptors (Lipinski definition) is 2. The molecule has 0 heterocycles. The van der Waals surface area contributed by atoms with Crippen molar-refractivity contribution in [3.8, 4) is 0 Å². The summed E-state index contributed by atoms with van der Waals surface area (Å²) in [5.74, 6) is -0.992. The fourth-order valence-electron chi connectivity index (χ4n) is 1.66. The van der Waals surface area contributed by atoms with E-state index in [4.69, 9.17) is 5.73 Å². The SMILES string of the molecule is NCCCCNC(=O)c1cc(C(F)(F)F)cc(C(F)(F)F)c1. The normalized spacial score (nSPS) is 12.3. The van der Waals surface area contributed by atoms with E-state index < -0.39 is 35.0 Å². The maximum absolute atomic E-state index is 12.6. The third kappa shape index (κ3) is 5.21. The number of benzene rings is 1. The molecule has 3 N–H and O–H groups in total. The van der Waals surface area contributed by atoms with Crippen LogP contribution in [0.25, 0.3) is 0 Å². The summed E-state index contributed by atoms with van der Waals surface area (Å²) in [5.41, 5.74) is 1.51. The molecule has 1 aromatic carbocycles. The fourth-order valence-corrected chi connectivity index (χ4v) is 1.66. The highest BCUT2D eigenvalue weighted by Gasteiger charge is 2.37. The monoisotopic (exact) mass is 328 g/mol. The highest BCUT2D eigenvalue weighted by Crippen LogP contribution is 2.36. The Balaban J connectivity index is 3.05. The quantitative estimate of drug-likeness (QED) is 0.644. The number of unbranched alkanes of at least 4 members (excludes halogenated alkanes) is 1. The van der Waals surface area contributed by atoms with Crippen LogP contribution < -0.4 is 11.1 Å². The topological polar surface area (TPSA) is 55.1 Å². The number of nitrogens with two attached hydrogens (primary N) is 1. The molecule has 0 bridgehead atoms. The van der Waals surface area contributed by atoms with Gasteiger partial charge < -0.3 is 11.1 Å². The minimum atomic E-state index is -4.98. The van der Waals surface area contributed by atoms with Crippen molar-refractivity contribution in [2.24, 2.45) is 5.73 Å². The maximum atomic E-state index is 12.6. The Morgan fingerprint density at radius 3 is 1.86 bits per heavy atom. The molecule has 1 amide bonds. The molecule has 9 heteroatoms. The Labute approximate surface area is 122 Å². The first-order valence-corrected chi connectivity index (χ1v) is 6.33. The van der Waals surface area contributed by atoms with Gasteiger partial charge in [-0.2, -0.15) is 26.3 Å². The van der Waals surface area contributed by atoms with Crippen LogP contribution in [-0.2, 0) is 12.4 Å². The van der Waals surface area contributed by atoms with E-state index in [9.17, 15) is 31.1 Å². The number of nitrogens with one attached hydrogen (secondary N) is 1. The smallest absolute Gasteiger partial charge is 0.352 e. The summed E-state index contributed by atoms with van der Waals surface area (Å²) in [6.07, 6.45) is -8.89. The summed E-state index contributed by atoms with van der Waals surface area (Å²) in [5, 5.41) is 2.26. The first-order valence-electron chi connectivity index (χ1n) is 6.33. The van der Waals surface area contributed by atoms with Gasteiger partial charge in [0, 0.05) is 12.1 Å². The molecule has 1 rings (SSSR count). The maximum Gasteiger partial charge on any atom is 0.416 e. The number of carbonyl (C=O) groups is 1. The van der Waals surface area contributed by atoms with Gasteiger partial charge in [0.25, 0.3) is 5.91 Å². The van der Waals surface area contributed by atoms with Gasteiger partial charge in [0.2, 0.25) is 0 Å². The van der Waals surface area contributed by atoms with Crippen LogP contribution in [0, 0.1) is 0 Å². The number of hydrogen-bond donors (Lipinski definition) is 2. The second kappa shape index (κ2) is 6.99. The van der Waals surface area contributed by atoms with E-state index in [1.165, 1.54) is 0 Å². The molecule has 0 aliphatic carbocycles. The zero-order valence-corrected chi connectivity index (χ0v) is 11.3. The summed E-state index contributed by atoms with van der Waals surface area (Å²) < 4.78 is 75.8. The van der Waals surface area contributed by atoms with Crippen molar-refractivity contribution in [1.82, 2.24) is 5.32 Å². The van der Waals surface area contributed by atoms with Gasteiger partial charge in [0.05, 0.1) is 11.1 Å². The average molecular weight is 328 g/mol. The largest absolute Gasteiger partial charge is 0.416 e. The Morgan fingerprint density at radius 1 is 0.955 bits per heavy atom. The van der Waals surface area contributed by atoms with Crippen LogP contribution >= 0.6 is 0 Å². The number of alkyl halides is 6. The van der Waals surface area contributed by atoms with E-state index in [1.54, 1.807) is 0 Å². The number of halogens is 6. The Morgan fingerprint density at radius 2 is 1.45 bits per heavy atom. The van der Waals surface area contributed by atoms with Gasteiger partial charge in [-0.15, -0.1) is 0 Å². The molecule has 1 aromatic rings. The van der Waals surface area contributed by atoms with Gasteiger partial charge in [0.1, 0.15) is 0 Å². The lowest BCUT2D eigenvalue weighted by atomic mass is 10.0. The van der Waals surface area contributed by atoms with E-state index in [-0.39, 0.29) is 12.6 Å². The molecular formula is C13H14F6N2O. The molecule has 0 aromatic heterocycles. The summed E-state index contributed by atoms with van der Waals surface area (Å²) in [4.78, 5) is 11.7. The van der Waals surface area contributed by atoms with Crippen molar-refractivity contribution in [1.29, 1.82) is 0 Å². The standard InChI is InChI=1S/C13H14F6N2O/c14-12(15,16)9-5-8(6-10(7-9)13(17,18)19)11(22)21-4-2-1-3-20/h5-7H,1-4,20H2,(H,21,22). The minimum Gasteiger partial charge on any atom is -0.352 e. The van der Waals surface area contributed by atoms with Crippen molar-refractivity contribution < 1.29 is 31.1 Å². The van der Waals surface area contributed by atoms with Crippen LogP contribution in [0.5, 0.6) is 0 Å². The third-order valence-corrected chi connectivity index (χ3v) is 2.77. The molecule has 0 saturated heterocycles. The van der Waals surface area contributed by atoms with Crippen LogP contribution in [0.15, 0.2) is 18.2 Å². The lowest BCUT2D eigenvalue weighted by molar-refractivity contribution is -0.143. The van der Waals surface area contributed by atoms with Crippen LogP contribution in [0.3, 0.4) is 0 Å². The molecule has 0 radical (unpaired) electrons. The Bertz CT molecular complexity index is 492. The molecule has 0 unspecified atom stereocenters. The highest BCUT2D eigenvalue weighted by atomic mass is 19.4. The van der Waals surface area contributed by atoms with E-state index in [2.05, 4.69) is 5.32 Å². The Kier molecular flexibility index (Phi) is 5.81. The van der Waals surface area contributed by atoms with Crippen LogP contribution in [0.1, 0.15) is 34.3 Å². The summed E-state index contributed by atoms with van der Waals surface area (Å²) >= 11 is 0.